The number of ether oxygens (including phenoxy) is 1. The van der Waals surface area contributed by atoms with Crippen LogP contribution in [0.15, 0.2) is 45.7 Å². The molecule has 8 heteroatoms. The van der Waals surface area contributed by atoms with Crippen LogP contribution >= 0.6 is 0 Å². The maximum Gasteiger partial charge on any atom is 0.251 e. The number of benzene rings is 1. The summed E-state index contributed by atoms with van der Waals surface area (Å²) in [6, 6.07) is 9.57. The third-order valence-electron chi connectivity index (χ3n) is 4.21. The van der Waals surface area contributed by atoms with E-state index in [1.165, 1.54) is 12.1 Å². The molecule has 0 aliphatic carbocycles. The van der Waals surface area contributed by atoms with Crippen LogP contribution in [0, 0.1) is 12.8 Å². The van der Waals surface area contributed by atoms with Crippen LogP contribution in [0.1, 0.15) is 28.3 Å². The van der Waals surface area contributed by atoms with Gasteiger partial charge in [-0.2, -0.15) is 0 Å². The normalized spacial score (nSPS) is 17.3. The van der Waals surface area contributed by atoms with Gasteiger partial charge in [-0.05, 0) is 49.6 Å². The van der Waals surface area contributed by atoms with Gasteiger partial charge in [0, 0.05) is 18.7 Å². The molecule has 140 valence electrons. The van der Waals surface area contributed by atoms with Crippen molar-refractivity contribution in [2.24, 2.45) is 5.92 Å². The highest BCUT2D eigenvalue weighted by atomic mass is 32.2. The van der Waals surface area contributed by atoms with Gasteiger partial charge >= 0.3 is 0 Å². The first kappa shape index (κ1) is 18.6. The van der Waals surface area contributed by atoms with Crippen molar-refractivity contribution in [2.45, 2.75) is 24.8 Å². The molecule has 1 aliphatic rings. The molecule has 1 amide bonds. The van der Waals surface area contributed by atoms with Gasteiger partial charge < -0.3 is 14.5 Å². The summed E-state index contributed by atoms with van der Waals surface area (Å²) in [5.41, 5.74) is 0.278. The third kappa shape index (κ3) is 4.72. The molecule has 0 unspecified atom stereocenters. The smallest absolute Gasteiger partial charge is 0.251 e. The fraction of sp³-hybridized carbons (Fsp3) is 0.389. The van der Waals surface area contributed by atoms with Gasteiger partial charge in [0.25, 0.3) is 5.91 Å². The molecule has 1 atom stereocenters. The fourth-order valence-corrected chi connectivity index (χ4v) is 3.87. The maximum absolute atomic E-state index is 12.4. The molecule has 0 bridgehead atoms. The summed E-state index contributed by atoms with van der Waals surface area (Å²) in [5, 5.41) is 2.72. The van der Waals surface area contributed by atoms with Crippen molar-refractivity contribution in [1.82, 2.24) is 10.0 Å². The highest BCUT2D eigenvalue weighted by molar-refractivity contribution is 7.89. The zero-order valence-corrected chi connectivity index (χ0v) is 15.3. The second kappa shape index (κ2) is 8.03. The van der Waals surface area contributed by atoms with Crippen molar-refractivity contribution < 1.29 is 22.4 Å². The van der Waals surface area contributed by atoms with Crippen LogP contribution in [0.25, 0.3) is 0 Å². The molecule has 2 N–H and O–H groups in total. The summed E-state index contributed by atoms with van der Waals surface area (Å²) >= 11 is 0. The molecule has 2 heterocycles. The van der Waals surface area contributed by atoms with E-state index in [1.807, 2.05) is 13.0 Å². The topological polar surface area (TPSA) is 97.6 Å². The van der Waals surface area contributed by atoms with Gasteiger partial charge in [0.1, 0.15) is 11.5 Å². The monoisotopic (exact) mass is 378 g/mol. The molecule has 1 aliphatic heterocycles. The quantitative estimate of drug-likeness (QED) is 0.766. The maximum atomic E-state index is 12.4. The van der Waals surface area contributed by atoms with Gasteiger partial charge in [-0.1, -0.05) is 6.07 Å². The van der Waals surface area contributed by atoms with Crippen LogP contribution in [0.4, 0.5) is 0 Å². The van der Waals surface area contributed by atoms with Crippen molar-refractivity contribution >= 4 is 15.9 Å². The molecule has 7 nitrogen and oxygen atoms in total. The first-order valence-electron chi connectivity index (χ1n) is 8.45. The van der Waals surface area contributed by atoms with Crippen molar-refractivity contribution in [3.8, 4) is 0 Å². The van der Waals surface area contributed by atoms with Crippen molar-refractivity contribution in [3.63, 3.8) is 0 Å². The Morgan fingerprint density at radius 1 is 1.27 bits per heavy atom. The average molecular weight is 378 g/mol. The second-order valence-corrected chi connectivity index (χ2v) is 8.07. The van der Waals surface area contributed by atoms with Gasteiger partial charge in [-0.25, -0.2) is 13.1 Å². The number of hydrogen-bond acceptors (Lipinski definition) is 5. The van der Waals surface area contributed by atoms with E-state index < -0.39 is 10.0 Å². The zero-order valence-electron chi connectivity index (χ0n) is 14.5. The number of carbonyl (C=O) groups is 1. The molecule has 26 heavy (non-hydrogen) atoms. The predicted octanol–water partition coefficient (Wildman–Crippen LogP) is 1.83. The number of nitrogens with one attached hydrogen (secondary N) is 2. The fourth-order valence-electron chi connectivity index (χ4n) is 2.71. The average Bonchev–Trinajstić information content (AvgIpc) is 3.29. The molecular weight excluding hydrogens is 356 g/mol. The standard InChI is InChI=1S/C18H22N2O5S/c1-13-5-6-16(25-13)11-19-18(21)15-3-2-4-17(9-15)26(22,23)20-10-14-7-8-24-12-14/h2-6,9,14,20H,7-8,10-12H2,1H3,(H,19,21)/t14-/m1/s1. The van der Waals surface area contributed by atoms with E-state index in [0.29, 0.717) is 25.5 Å². The van der Waals surface area contributed by atoms with E-state index in [0.717, 1.165) is 12.2 Å². The molecule has 0 spiro atoms. The highest BCUT2D eigenvalue weighted by Gasteiger charge is 2.21. The molecular formula is C18H22N2O5S. The Hall–Kier alpha value is -2.16. The summed E-state index contributed by atoms with van der Waals surface area (Å²) in [6.07, 6.45) is 0.844. The zero-order chi connectivity index (χ0) is 18.6. The molecule has 3 rings (SSSR count). The molecule has 1 aromatic heterocycles. The first-order valence-corrected chi connectivity index (χ1v) is 9.93. The number of rotatable bonds is 7. The van der Waals surface area contributed by atoms with Gasteiger partial charge in [-0.3, -0.25) is 4.79 Å². The Morgan fingerprint density at radius 3 is 2.81 bits per heavy atom. The number of aryl methyl sites for hydroxylation is 1. The number of sulfonamides is 1. The van der Waals surface area contributed by atoms with Crippen LogP contribution in [0.3, 0.4) is 0 Å². The summed E-state index contributed by atoms with van der Waals surface area (Å²) < 4.78 is 38.1. The van der Waals surface area contributed by atoms with Crippen LogP contribution in [0.5, 0.6) is 0 Å². The minimum absolute atomic E-state index is 0.0675. The van der Waals surface area contributed by atoms with Crippen LogP contribution in [0.2, 0.25) is 0 Å². The van der Waals surface area contributed by atoms with Gasteiger partial charge in [0.15, 0.2) is 0 Å². The second-order valence-electron chi connectivity index (χ2n) is 6.30. The van der Waals surface area contributed by atoms with Crippen molar-refractivity contribution in [3.05, 3.63) is 53.5 Å². The molecule has 2 aromatic rings. The van der Waals surface area contributed by atoms with E-state index in [2.05, 4.69) is 10.0 Å². The number of amides is 1. The Balaban J connectivity index is 1.63. The minimum atomic E-state index is -3.67. The molecule has 1 fully saturated rings. The molecule has 1 aromatic carbocycles. The van der Waals surface area contributed by atoms with E-state index in [4.69, 9.17) is 9.15 Å². The van der Waals surface area contributed by atoms with Crippen LogP contribution in [-0.4, -0.2) is 34.1 Å². The Labute approximate surface area is 152 Å². The lowest BCUT2D eigenvalue weighted by atomic mass is 10.1. The largest absolute Gasteiger partial charge is 0.465 e. The summed E-state index contributed by atoms with van der Waals surface area (Å²) in [5.74, 6) is 1.23. The lowest BCUT2D eigenvalue weighted by Gasteiger charge is -2.11. The summed E-state index contributed by atoms with van der Waals surface area (Å²) in [4.78, 5) is 12.4. The van der Waals surface area contributed by atoms with Gasteiger partial charge in [0.05, 0.1) is 18.0 Å². The predicted molar refractivity (Wildman–Crippen MR) is 95.2 cm³/mol. The third-order valence-corrected chi connectivity index (χ3v) is 5.63. The van der Waals surface area contributed by atoms with Gasteiger partial charge in [-0.15, -0.1) is 0 Å². The van der Waals surface area contributed by atoms with Crippen LogP contribution in [-0.2, 0) is 21.3 Å². The lowest BCUT2D eigenvalue weighted by molar-refractivity contribution is 0.0947. The minimum Gasteiger partial charge on any atom is -0.465 e. The summed E-state index contributed by atoms with van der Waals surface area (Å²) in [6.45, 7) is 3.62. The number of carbonyl (C=O) groups excluding carboxylic acids is 1. The molecule has 0 saturated carbocycles. The van der Waals surface area contributed by atoms with Gasteiger partial charge in [0.2, 0.25) is 10.0 Å². The Kier molecular flexibility index (Phi) is 5.75. The van der Waals surface area contributed by atoms with E-state index >= 15 is 0 Å². The molecule has 1 saturated heterocycles. The number of hydrogen-bond donors (Lipinski definition) is 2. The van der Waals surface area contributed by atoms with Crippen molar-refractivity contribution in [1.29, 1.82) is 0 Å². The van der Waals surface area contributed by atoms with Crippen LogP contribution < -0.4 is 10.0 Å². The van der Waals surface area contributed by atoms with Crippen molar-refractivity contribution in [2.75, 3.05) is 19.8 Å². The highest BCUT2D eigenvalue weighted by Crippen LogP contribution is 2.15. The van der Waals surface area contributed by atoms with E-state index in [-0.39, 0.29) is 28.8 Å². The SMILES string of the molecule is Cc1ccc(CNC(=O)c2cccc(S(=O)(=O)NC[C@H]3CCOC3)c2)o1. The number of furan rings is 1. The lowest BCUT2D eigenvalue weighted by Crippen LogP contribution is -2.30. The first-order chi connectivity index (χ1) is 12.4. The Morgan fingerprint density at radius 2 is 2.12 bits per heavy atom. The molecule has 0 radical (unpaired) electrons. The Bertz CT molecular complexity index is 869. The van der Waals surface area contributed by atoms with E-state index in [9.17, 15) is 13.2 Å². The summed E-state index contributed by atoms with van der Waals surface area (Å²) in [7, 11) is -3.67. The van der Waals surface area contributed by atoms with E-state index in [1.54, 1.807) is 18.2 Å².